The second kappa shape index (κ2) is 9.14. The Hall–Kier alpha value is -3.11. The SMILES string of the molecule is COc1ccc(-c2nc(CC(=O)Nc3ccccc3NS(C)(=O)=O)cs2)cc1OC. The number of nitrogens with zero attached hydrogens (tertiary/aromatic N) is 1. The summed E-state index contributed by atoms with van der Waals surface area (Å²) < 4.78 is 36.0. The maximum absolute atomic E-state index is 12.5. The maximum atomic E-state index is 12.5. The molecule has 8 nitrogen and oxygen atoms in total. The average Bonchev–Trinajstić information content (AvgIpc) is 3.16. The van der Waals surface area contributed by atoms with Crippen LogP contribution in [0.4, 0.5) is 11.4 Å². The molecule has 30 heavy (non-hydrogen) atoms. The molecule has 0 radical (unpaired) electrons. The topological polar surface area (TPSA) is 107 Å². The van der Waals surface area contributed by atoms with Gasteiger partial charge in [0.1, 0.15) is 5.01 Å². The van der Waals surface area contributed by atoms with Crippen molar-refractivity contribution in [2.24, 2.45) is 0 Å². The maximum Gasteiger partial charge on any atom is 0.230 e. The molecule has 10 heteroatoms. The summed E-state index contributed by atoms with van der Waals surface area (Å²) in [6.45, 7) is 0. The summed E-state index contributed by atoms with van der Waals surface area (Å²) >= 11 is 1.42. The normalized spacial score (nSPS) is 11.0. The predicted octanol–water partition coefficient (Wildman–Crippen LogP) is 3.38. The number of thiazole rings is 1. The number of anilines is 2. The van der Waals surface area contributed by atoms with Gasteiger partial charge in [-0.05, 0) is 30.3 Å². The van der Waals surface area contributed by atoms with Crippen LogP contribution in [0.5, 0.6) is 11.5 Å². The van der Waals surface area contributed by atoms with Gasteiger partial charge in [-0.3, -0.25) is 9.52 Å². The third kappa shape index (κ3) is 5.49. The van der Waals surface area contributed by atoms with Crippen LogP contribution in [0.15, 0.2) is 47.8 Å². The Labute approximate surface area is 178 Å². The van der Waals surface area contributed by atoms with E-state index in [9.17, 15) is 13.2 Å². The molecule has 1 heterocycles. The van der Waals surface area contributed by atoms with Crippen LogP contribution in [-0.4, -0.2) is 39.8 Å². The lowest BCUT2D eigenvalue weighted by atomic mass is 10.2. The van der Waals surface area contributed by atoms with E-state index in [0.717, 1.165) is 16.8 Å². The number of hydrogen-bond acceptors (Lipinski definition) is 7. The number of nitrogens with one attached hydrogen (secondary N) is 2. The molecule has 0 aliphatic rings. The van der Waals surface area contributed by atoms with Gasteiger partial charge in [0.25, 0.3) is 0 Å². The van der Waals surface area contributed by atoms with Gasteiger partial charge in [0.15, 0.2) is 11.5 Å². The molecule has 1 amide bonds. The van der Waals surface area contributed by atoms with E-state index in [-0.39, 0.29) is 12.3 Å². The zero-order valence-electron chi connectivity index (χ0n) is 16.6. The molecular formula is C20H21N3O5S2. The van der Waals surface area contributed by atoms with Crippen LogP contribution in [0.1, 0.15) is 5.69 Å². The Kier molecular flexibility index (Phi) is 6.58. The number of amides is 1. The van der Waals surface area contributed by atoms with Crippen molar-refractivity contribution in [1.82, 2.24) is 4.98 Å². The molecule has 2 N–H and O–H groups in total. The lowest BCUT2D eigenvalue weighted by Gasteiger charge is -2.11. The van der Waals surface area contributed by atoms with Gasteiger partial charge in [-0.2, -0.15) is 0 Å². The number of carbonyl (C=O) groups excluding carboxylic acids is 1. The first-order valence-electron chi connectivity index (χ1n) is 8.82. The van der Waals surface area contributed by atoms with Crippen LogP contribution in [0.3, 0.4) is 0 Å². The molecule has 0 aliphatic carbocycles. The molecule has 0 bridgehead atoms. The number of aromatic nitrogens is 1. The first kappa shape index (κ1) is 21.6. The van der Waals surface area contributed by atoms with Crippen molar-refractivity contribution in [1.29, 1.82) is 0 Å². The number of rotatable bonds is 8. The zero-order valence-corrected chi connectivity index (χ0v) is 18.3. The minimum absolute atomic E-state index is 0.0526. The average molecular weight is 448 g/mol. The second-order valence-electron chi connectivity index (χ2n) is 6.36. The summed E-state index contributed by atoms with van der Waals surface area (Å²) in [5.74, 6) is 0.917. The molecule has 0 spiro atoms. The van der Waals surface area contributed by atoms with Crippen molar-refractivity contribution in [2.75, 3.05) is 30.5 Å². The Morgan fingerprint density at radius 1 is 1.07 bits per heavy atom. The molecule has 0 unspecified atom stereocenters. The number of para-hydroxylation sites is 2. The van der Waals surface area contributed by atoms with E-state index in [2.05, 4.69) is 15.0 Å². The van der Waals surface area contributed by atoms with Gasteiger partial charge in [-0.25, -0.2) is 13.4 Å². The van der Waals surface area contributed by atoms with E-state index in [1.165, 1.54) is 11.3 Å². The van der Waals surface area contributed by atoms with E-state index in [1.54, 1.807) is 44.6 Å². The van der Waals surface area contributed by atoms with Gasteiger partial charge >= 0.3 is 0 Å². The van der Waals surface area contributed by atoms with E-state index >= 15 is 0 Å². The van der Waals surface area contributed by atoms with Crippen LogP contribution >= 0.6 is 11.3 Å². The molecule has 158 valence electrons. The third-order valence-corrected chi connectivity index (χ3v) is 5.55. The summed E-state index contributed by atoms with van der Waals surface area (Å²) in [6, 6.07) is 12.1. The first-order valence-corrected chi connectivity index (χ1v) is 11.6. The van der Waals surface area contributed by atoms with Gasteiger partial charge in [0.05, 0.1) is 44.0 Å². The van der Waals surface area contributed by atoms with Crippen molar-refractivity contribution in [3.05, 3.63) is 53.5 Å². The third-order valence-electron chi connectivity index (χ3n) is 4.02. The van der Waals surface area contributed by atoms with E-state index < -0.39 is 10.0 Å². The number of methoxy groups -OCH3 is 2. The number of benzene rings is 2. The van der Waals surface area contributed by atoms with Gasteiger partial charge in [0.2, 0.25) is 15.9 Å². The molecule has 3 rings (SSSR count). The van der Waals surface area contributed by atoms with Crippen molar-refractivity contribution < 1.29 is 22.7 Å². The summed E-state index contributed by atoms with van der Waals surface area (Å²) in [7, 11) is -0.328. The summed E-state index contributed by atoms with van der Waals surface area (Å²) in [5, 5.41) is 5.29. The minimum Gasteiger partial charge on any atom is -0.493 e. The molecule has 0 saturated heterocycles. The highest BCUT2D eigenvalue weighted by Crippen LogP contribution is 2.33. The molecule has 2 aromatic carbocycles. The highest BCUT2D eigenvalue weighted by atomic mass is 32.2. The zero-order chi connectivity index (χ0) is 21.7. The molecule has 0 saturated carbocycles. The fourth-order valence-corrected chi connectivity index (χ4v) is 4.12. The molecule has 3 aromatic rings. The largest absolute Gasteiger partial charge is 0.493 e. The predicted molar refractivity (Wildman–Crippen MR) is 118 cm³/mol. The Bertz CT molecular complexity index is 1160. The second-order valence-corrected chi connectivity index (χ2v) is 8.97. The highest BCUT2D eigenvalue weighted by molar-refractivity contribution is 7.92. The van der Waals surface area contributed by atoms with Gasteiger partial charge in [-0.15, -0.1) is 11.3 Å². The quantitative estimate of drug-likeness (QED) is 0.548. The fourth-order valence-electron chi connectivity index (χ4n) is 2.73. The van der Waals surface area contributed by atoms with Crippen LogP contribution < -0.4 is 19.5 Å². The van der Waals surface area contributed by atoms with Crippen LogP contribution in [0, 0.1) is 0 Å². The lowest BCUT2D eigenvalue weighted by Crippen LogP contribution is -2.17. The van der Waals surface area contributed by atoms with E-state index in [1.807, 2.05) is 17.5 Å². The monoisotopic (exact) mass is 447 g/mol. The number of sulfonamides is 1. The summed E-state index contributed by atoms with van der Waals surface area (Å²) in [4.78, 5) is 17.0. The van der Waals surface area contributed by atoms with Crippen LogP contribution in [0.25, 0.3) is 10.6 Å². The van der Waals surface area contributed by atoms with E-state index in [0.29, 0.717) is 28.6 Å². The standard InChI is InChI=1S/C20H21N3O5S2/c1-27-17-9-8-13(10-18(17)28-2)20-21-14(12-29-20)11-19(24)22-15-6-4-5-7-16(15)23-30(3,25)26/h4-10,12,23H,11H2,1-3H3,(H,22,24). The van der Waals surface area contributed by atoms with Crippen LogP contribution in [0.2, 0.25) is 0 Å². The van der Waals surface area contributed by atoms with Gasteiger partial charge in [0, 0.05) is 10.9 Å². The number of ether oxygens (including phenoxy) is 2. The van der Waals surface area contributed by atoms with Crippen molar-refractivity contribution in [2.45, 2.75) is 6.42 Å². The number of hydrogen-bond donors (Lipinski definition) is 2. The van der Waals surface area contributed by atoms with Crippen molar-refractivity contribution >= 4 is 38.6 Å². The lowest BCUT2D eigenvalue weighted by molar-refractivity contribution is -0.115. The summed E-state index contributed by atoms with van der Waals surface area (Å²) in [5.41, 5.74) is 2.14. The van der Waals surface area contributed by atoms with Gasteiger partial charge < -0.3 is 14.8 Å². The van der Waals surface area contributed by atoms with E-state index in [4.69, 9.17) is 9.47 Å². The molecule has 0 fully saturated rings. The first-order chi connectivity index (χ1) is 14.3. The Balaban J connectivity index is 1.72. The molecule has 1 aromatic heterocycles. The smallest absolute Gasteiger partial charge is 0.230 e. The van der Waals surface area contributed by atoms with Crippen molar-refractivity contribution in [3.63, 3.8) is 0 Å². The van der Waals surface area contributed by atoms with Crippen molar-refractivity contribution in [3.8, 4) is 22.1 Å². The Morgan fingerprint density at radius 2 is 1.77 bits per heavy atom. The van der Waals surface area contributed by atoms with Gasteiger partial charge in [-0.1, -0.05) is 12.1 Å². The molecule has 0 atom stereocenters. The summed E-state index contributed by atoms with van der Waals surface area (Å²) in [6.07, 6.45) is 1.10. The Morgan fingerprint density at radius 3 is 2.43 bits per heavy atom. The fraction of sp³-hybridized carbons (Fsp3) is 0.200. The van der Waals surface area contributed by atoms with Crippen LogP contribution in [-0.2, 0) is 21.2 Å². The minimum atomic E-state index is -3.46. The molecular weight excluding hydrogens is 426 g/mol. The number of carbonyl (C=O) groups is 1. The molecule has 0 aliphatic heterocycles. The highest BCUT2D eigenvalue weighted by Gasteiger charge is 2.14.